The third kappa shape index (κ3) is 4.10. The Morgan fingerprint density at radius 1 is 1.67 bits per heavy atom. The lowest BCUT2D eigenvalue weighted by molar-refractivity contribution is -0.357. The quantitative estimate of drug-likeness (QED) is 0.464. The molecule has 0 radical (unpaired) electrons. The number of hydroxylamine groups is 2. The summed E-state index contributed by atoms with van der Waals surface area (Å²) in [5.41, 5.74) is 0. The normalized spacial score (nSPS) is 10.4. The second-order valence-electron chi connectivity index (χ2n) is 2.41. The largest absolute Gasteiger partial charge is 0.351 e. The molecule has 12 heavy (non-hydrogen) atoms. The Morgan fingerprint density at radius 3 is 2.58 bits per heavy atom. The van der Waals surface area contributed by atoms with Crippen LogP contribution in [0.25, 0.3) is 0 Å². The van der Waals surface area contributed by atoms with E-state index in [9.17, 15) is 4.79 Å². The van der Waals surface area contributed by atoms with Gasteiger partial charge in [0, 0.05) is 6.08 Å². The van der Waals surface area contributed by atoms with Crippen molar-refractivity contribution in [1.82, 2.24) is 5.23 Å². The van der Waals surface area contributed by atoms with Gasteiger partial charge in [-0.15, -0.1) is 0 Å². The molecule has 4 heteroatoms. The first-order valence-electron chi connectivity index (χ1n) is 3.88. The Morgan fingerprint density at radius 2 is 2.25 bits per heavy atom. The Labute approximate surface area is 72.7 Å². The molecule has 0 saturated carbocycles. The summed E-state index contributed by atoms with van der Waals surface area (Å²) in [6, 6.07) is -0.00569. The van der Waals surface area contributed by atoms with Crippen LogP contribution in [-0.4, -0.2) is 23.8 Å². The Balaban J connectivity index is 3.94. The van der Waals surface area contributed by atoms with Gasteiger partial charge in [-0.1, -0.05) is 6.58 Å². The fourth-order valence-electron chi connectivity index (χ4n) is 0.534. The van der Waals surface area contributed by atoms with Gasteiger partial charge in [0.2, 0.25) is 0 Å². The first-order valence-corrected chi connectivity index (χ1v) is 3.88. The van der Waals surface area contributed by atoms with Crippen LogP contribution in [0.5, 0.6) is 0 Å². The van der Waals surface area contributed by atoms with E-state index in [-0.39, 0.29) is 6.04 Å². The van der Waals surface area contributed by atoms with E-state index in [1.165, 1.54) is 0 Å². The summed E-state index contributed by atoms with van der Waals surface area (Å²) in [6.45, 7) is 9.26. The van der Waals surface area contributed by atoms with E-state index in [2.05, 4.69) is 6.58 Å². The van der Waals surface area contributed by atoms with E-state index < -0.39 is 5.97 Å². The van der Waals surface area contributed by atoms with Gasteiger partial charge in [-0.3, -0.25) is 4.84 Å². The van der Waals surface area contributed by atoms with Gasteiger partial charge in [-0.2, -0.15) is 0 Å². The summed E-state index contributed by atoms with van der Waals surface area (Å²) in [4.78, 5) is 20.5. The van der Waals surface area contributed by atoms with E-state index in [4.69, 9.17) is 9.68 Å². The van der Waals surface area contributed by atoms with Crippen molar-refractivity contribution in [2.45, 2.75) is 26.8 Å². The molecule has 0 aromatic heterocycles. The van der Waals surface area contributed by atoms with Crippen molar-refractivity contribution < 1.29 is 14.5 Å². The monoisotopic (exact) mass is 173 g/mol. The van der Waals surface area contributed by atoms with Crippen LogP contribution in [0.2, 0.25) is 0 Å². The minimum Gasteiger partial charge on any atom is -0.338 e. The van der Waals surface area contributed by atoms with Gasteiger partial charge in [-0.25, -0.2) is 4.79 Å². The highest BCUT2D eigenvalue weighted by atomic mass is 17.0. The molecule has 0 aliphatic heterocycles. The third-order valence-electron chi connectivity index (χ3n) is 1.02. The molecule has 0 bridgehead atoms. The molecule has 0 N–H and O–H groups in total. The van der Waals surface area contributed by atoms with E-state index in [0.29, 0.717) is 6.61 Å². The van der Waals surface area contributed by atoms with Crippen molar-refractivity contribution in [3.05, 3.63) is 12.7 Å². The van der Waals surface area contributed by atoms with Gasteiger partial charge in [0.1, 0.15) is 0 Å². The van der Waals surface area contributed by atoms with E-state index in [0.717, 1.165) is 11.3 Å². The fourth-order valence-corrected chi connectivity index (χ4v) is 0.534. The molecule has 0 aromatic rings. The fraction of sp³-hybridized carbons (Fsp3) is 0.625. The zero-order chi connectivity index (χ0) is 9.56. The molecule has 0 unspecified atom stereocenters. The predicted octanol–water partition coefficient (Wildman–Crippen LogP) is 1.29. The molecule has 0 aliphatic carbocycles. The molecule has 0 fully saturated rings. The third-order valence-corrected chi connectivity index (χ3v) is 1.02. The minimum absolute atomic E-state index is 0.00569. The number of carbonyl (C=O) groups excluding carboxylic acids is 1. The van der Waals surface area contributed by atoms with Crippen LogP contribution < -0.4 is 0 Å². The van der Waals surface area contributed by atoms with Crippen molar-refractivity contribution in [3.63, 3.8) is 0 Å². The predicted molar refractivity (Wildman–Crippen MR) is 44.9 cm³/mol. The second-order valence-corrected chi connectivity index (χ2v) is 2.41. The van der Waals surface area contributed by atoms with E-state index in [1.807, 2.05) is 20.8 Å². The molecule has 0 saturated heterocycles. The number of nitrogens with zero attached hydrogens (tertiary/aromatic N) is 1. The summed E-state index contributed by atoms with van der Waals surface area (Å²) in [7, 11) is 0. The van der Waals surface area contributed by atoms with Crippen molar-refractivity contribution >= 4 is 5.97 Å². The summed E-state index contributed by atoms with van der Waals surface area (Å²) in [5.74, 6) is -0.517. The van der Waals surface area contributed by atoms with Gasteiger partial charge in [0.25, 0.3) is 0 Å². The molecule has 0 aromatic carbocycles. The van der Waals surface area contributed by atoms with Crippen LogP contribution in [0, 0.1) is 0 Å². The van der Waals surface area contributed by atoms with Gasteiger partial charge in [0.05, 0.1) is 12.6 Å². The molecule has 0 heterocycles. The van der Waals surface area contributed by atoms with Crippen LogP contribution >= 0.6 is 0 Å². The van der Waals surface area contributed by atoms with Crippen LogP contribution in [0.1, 0.15) is 20.8 Å². The number of rotatable bonds is 5. The summed E-state index contributed by atoms with van der Waals surface area (Å²) >= 11 is 0. The lowest BCUT2D eigenvalue weighted by Gasteiger charge is -2.21. The highest BCUT2D eigenvalue weighted by Gasteiger charge is 2.13. The van der Waals surface area contributed by atoms with Crippen molar-refractivity contribution in [2.24, 2.45) is 0 Å². The van der Waals surface area contributed by atoms with Gasteiger partial charge < -0.3 is 4.84 Å². The van der Waals surface area contributed by atoms with Crippen LogP contribution in [0.15, 0.2) is 12.7 Å². The molecular formula is C8H15NO3. The lowest BCUT2D eigenvalue weighted by Crippen LogP contribution is -2.33. The highest BCUT2D eigenvalue weighted by Crippen LogP contribution is 2.00. The highest BCUT2D eigenvalue weighted by molar-refractivity contribution is 5.80. The van der Waals surface area contributed by atoms with Crippen molar-refractivity contribution in [2.75, 3.05) is 6.61 Å². The second kappa shape index (κ2) is 5.74. The maximum absolute atomic E-state index is 10.7. The summed E-state index contributed by atoms with van der Waals surface area (Å²) in [5, 5.41) is 1.16. The Kier molecular flexibility index (Phi) is 5.32. The molecule has 0 amide bonds. The Bertz CT molecular complexity index is 156. The average molecular weight is 173 g/mol. The van der Waals surface area contributed by atoms with E-state index >= 15 is 0 Å². The topological polar surface area (TPSA) is 38.8 Å². The average Bonchev–Trinajstić information content (AvgIpc) is 2.03. The van der Waals surface area contributed by atoms with Crippen molar-refractivity contribution in [3.8, 4) is 0 Å². The molecule has 0 spiro atoms. The first kappa shape index (κ1) is 11.1. The first-order chi connectivity index (χ1) is 5.61. The molecule has 0 atom stereocenters. The number of carbonyl (C=O) groups is 1. The Hall–Kier alpha value is -0.870. The molecule has 0 rings (SSSR count). The maximum Gasteiger partial charge on any atom is 0.351 e. The SMILES string of the molecule is C=CC(=O)ON(OCC)C(C)C. The molecular weight excluding hydrogens is 158 g/mol. The zero-order valence-corrected chi connectivity index (χ0v) is 7.74. The minimum atomic E-state index is -0.517. The van der Waals surface area contributed by atoms with Crippen LogP contribution in [0.3, 0.4) is 0 Å². The lowest BCUT2D eigenvalue weighted by atomic mass is 10.4. The van der Waals surface area contributed by atoms with E-state index in [1.54, 1.807) is 0 Å². The number of hydrogen-bond acceptors (Lipinski definition) is 4. The van der Waals surface area contributed by atoms with Gasteiger partial charge in [-0.05, 0) is 26.0 Å². The zero-order valence-electron chi connectivity index (χ0n) is 7.74. The van der Waals surface area contributed by atoms with Crippen LogP contribution in [0.4, 0.5) is 0 Å². The summed E-state index contributed by atoms with van der Waals surface area (Å²) < 4.78 is 0. The standard InChI is InChI=1S/C8H15NO3/c1-5-8(10)12-9(7(3)4)11-6-2/h5,7H,1,6H2,2-4H3. The van der Waals surface area contributed by atoms with Gasteiger partial charge >= 0.3 is 5.97 Å². The summed E-state index contributed by atoms with van der Waals surface area (Å²) in [6.07, 6.45) is 1.09. The maximum atomic E-state index is 10.7. The number of hydrogen-bond donors (Lipinski definition) is 0. The van der Waals surface area contributed by atoms with Gasteiger partial charge in [0.15, 0.2) is 0 Å². The molecule has 70 valence electrons. The smallest absolute Gasteiger partial charge is 0.338 e. The van der Waals surface area contributed by atoms with Crippen molar-refractivity contribution in [1.29, 1.82) is 0 Å². The van der Waals surface area contributed by atoms with Crippen LogP contribution in [-0.2, 0) is 14.5 Å². The molecule has 0 aliphatic rings. The molecule has 4 nitrogen and oxygen atoms in total.